The lowest BCUT2D eigenvalue weighted by molar-refractivity contribution is 0.0943. The van der Waals surface area contributed by atoms with Crippen LogP contribution in [0.25, 0.3) is 0 Å². The van der Waals surface area contributed by atoms with Gasteiger partial charge in [0.1, 0.15) is 0 Å². The van der Waals surface area contributed by atoms with E-state index in [1.807, 2.05) is 0 Å². The standard InChI is InChI=1S/C18H30N4O3S2/c1-5-6-7-8-14(2)13-19-18(26)21-20-17(23)15-9-11-16(12-10-15)27(24,25)22(3)4/h9-12,14H,5-8,13H2,1-4H3,(H,20,23)(H2,19,21,26)/t14-/m0/s1. The highest BCUT2D eigenvalue weighted by Crippen LogP contribution is 2.13. The molecule has 1 aromatic carbocycles. The van der Waals surface area contributed by atoms with Gasteiger partial charge >= 0.3 is 0 Å². The molecule has 0 aliphatic carbocycles. The summed E-state index contributed by atoms with van der Waals surface area (Å²) in [5.41, 5.74) is 5.49. The molecule has 0 aliphatic rings. The predicted molar refractivity (Wildman–Crippen MR) is 112 cm³/mol. The van der Waals surface area contributed by atoms with Gasteiger partial charge in [0.15, 0.2) is 5.11 Å². The van der Waals surface area contributed by atoms with Crippen LogP contribution in [-0.2, 0) is 10.0 Å². The lowest BCUT2D eigenvalue weighted by Gasteiger charge is -2.15. The molecule has 0 radical (unpaired) electrons. The summed E-state index contributed by atoms with van der Waals surface area (Å²) in [4.78, 5) is 12.3. The Kier molecular flexibility index (Phi) is 9.68. The molecule has 0 saturated carbocycles. The summed E-state index contributed by atoms with van der Waals surface area (Å²) in [5.74, 6) is 0.0992. The minimum absolute atomic E-state index is 0.131. The van der Waals surface area contributed by atoms with E-state index in [0.717, 1.165) is 17.3 Å². The zero-order chi connectivity index (χ0) is 20.4. The van der Waals surface area contributed by atoms with Gasteiger partial charge in [-0.1, -0.05) is 33.1 Å². The van der Waals surface area contributed by atoms with Crippen molar-refractivity contribution in [3.05, 3.63) is 29.8 Å². The molecule has 0 aliphatic heterocycles. The normalized spacial score (nSPS) is 12.5. The zero-order valence-corrected chi connectivity index (χ0v) is 18.0. The van der Waals surface area contributed by atoms with Gasteiger partial charge in [0.25, 0.3) is 5.91 Å². The van der Waals surface area contributed by atoms with Crippen LogP contribution in [0, 0.1) is 5.92 Å². The van der Waals surface area contributed by atoms with E-state index in [0.29, 0.717) is 16.6 Å². The van der Waals surface area contributed by atoms with Crippen LogP contribution in [-0.4, -0.2) is 44.4 Å². The molecule has 152 valence electrons. The second-order valence-electron chi connectivity index (χ2n) is 6.70. The van der Waals surface area contributed by atoms with E-state index in [9.17, 15) is 13.2 Å². The van der Waals surface area contributed by atoms with Gasteiger partial charge in [-0.05, 0) is 48.8 Å². The molecule has 9 heteroatoms. The molecule has 0 heterocycles. The number of hydrogen-bond acceptors (Lipinski definition) is 4. The Balaban J connectivity index is 2.45. The van der Waals surface area contributed by atoms with E-state index in [4.69, 9.17) is 12.2 Å². The van der Waals surface area contributed by atoms with Crippen molar-refractivity contribution in [3.63, 3.8) is 0 Å². The molecule has 0 unspecified atom stereocenters. The van der Waals surface area contributed by atoms with Crippen LogP contribution in [0.5, 0.6) is 0 Å². The Morgan fingerprint density at radius 1 is 1.15 bits per heavy atom. The van der Waals surface area contributed by atoms with Gasteiger partial charge in [-0.15, -0.1) is 0 Å². The number of amides is 1. The third kappa shape index (κ3) is 7.82. The van der Waals surface area contributed by atoms with E-state index in [-0.39, 0.29) is 4.90 Å². The molecule has 7 nitrogen and oxygen atoms in total. The molecule has 0 spiro atoms. The van der Waals surface area contributed by atoms with E-state index in [1.165, 1.54) is 57.6 Å². The third-order valence-electron chi connectivity index (χ3n) is 4.10. The van der Waals surface area contributed by atoms with Gasteiger partial charge in [0.05, 0.1) is 4.90 Å². The number of carbonyl (C=O) groups is 1. The Hall–Kier alpha value is -1.71. The lowest BCUT2D eigenvalue weighted by atomic mass is 10.0. The highest BCUT2D eigenvalue weighted by Gasteiger charge is 2.17. The first-order valence-corrected chi connectivity index (χ1v) is 10.9. The zero-order valence-electron chi connectivity index (χ0n) is 16.4. The number of unbranched alkanes of at least 4 members (excludes halogenated alkanes) is 2. The highest BCUT2D eigenvalue weighted by atomic mass is 32.2. The molecule has 0 saturated heterocycles. The second-order valence-corrected chi connectivity index (χ2v) is 9.26. The summed E-state index contributed by atoms with van der Waals surface area (Å²) in [7, 11) is -0.600. The van der Waals surface area contributed by atoms with Crippen LogP contribution in [0.3, 0.4) is 0 Å². The second kappa shape index (κ2) is 11.2. The van der Waals surface area contributed by atoms with Crippen LogP contribution in [0.2, 0.25) is 0 Å². The fraction of sp³-hybridized carbons (Fsp3) is 0.556. The molecule has 0 fully saturated rings. The van der Waals surface area contributed by atoms with Crippen LogP contribution < -0.4 is 16.2 Å². The summed E-state index contributed by atoms with van der Waals surface area (Å²) in [5, 5.41) is 3.42. The fourth-order valence-corrected chi connectivity index (χ4v) is 3.37. The quantitative estimate of drug-likeness (QED) is 0.326. The average molecular weight is 415 g/mol. The van der Waals surface area contributed by atoms with E-state index in [2.05, 4.69) is 30.0 Å². The maximum Gasteiger partial charge on any atom is 0.269 e. The SMILES string of the molecule is CCCCC[C@H](C)CNC(=S)NNC(=O)c1ccc(S(=O)(=O)N(C)C)cc1. The average Bonchev–Trinajstić information content (AvgIpc) is 2.64. The maximum absolute atomic E-state index is 12.1. The minimum atomic E-state index is -3.51. The number of carbonyl (C=O) groups excluding carboxylic acids is 1. The largest absolute Gasteiger partial charge is 0.361 e. The van der Waals surface area contributed by atoms with Crippen molar-refractivity contribution in [1.82, 2.24) is 20.5 Å². The highest BCUT2D eigenvalue weighted by molar-refractivity contribution is 7.89. The van der Waals surface area contributed by atoms with E-state index in [1.54, 1.807) is 0 Å². The number of nitrogens with zero attached hydrogens (tertiary/aromatic N) is 1. The number of hydrogen-bond donors (Lipinski definition) is 3. The molecule has 1 amide bonds. The van der Waals surface area contributed by atoms with Crippen molar-refractivity contribution in [3.8, 4) is 0 Å². The summed E-state index contributed by atoms with van der Waals surface area (Å²) in [6.45, 7) is 5.08. The lowest BCUT2D eigenvalue weighted by Crippen LogP contribution is -2.47. The first-order valence-electron chi connectivity index (χ1n) is 9.05. The smallest absolute Gasteiger partial charge is 0.269 e. The van der Waals surface area contributed by atoms with Gasteiger partial charge in [0, 0.05) is 26.2 Å². The Bertz CT molecular complexity index is 719. The molecule has 0 bridgehead atoms. The molecule has 0 aromatic heterocycles. The Morgan fingerprint density at radius 2 is 1.78 bits per heavy atom. The van der Waals surface area contributed by atoms with Gasteiger partial charge in [-0.3, -0.25) is 15.6 Å². The number of rotatable bonds is 9. The number of thiocarbonyl (C=S) groups is 1. The third-order valence-corrected chi connectivity index (χ3v) is 6.17. The first kappa shape index (κ1) is 23.3. The molecule has 27 heavy (non-hydrogen) atoms. The molecule has 1 rings (SSSR count). The first-order chi connectivity index (χ1) is 12.7. The van der Waals surface area contributed by atoms with Gasteiger partial charge in [-0.25, -0.2) is 12.7 Å². The van der Waals surface area contributed by atoms with Crippen LogP contribution >= 0.6 is 12.2 Å². The van der Waals surface area contributed by atoms with Crippen molar-refractivity contribution >= 4 is 33.3 Å². The Morgan fingerprint density at radius 3 is 2.33 bits per heavy atom. The van der Waals surface area contributed by atoms with Gasteiger partial charge in [-0.2, -0.15) is 0 Å². The fourth-order valence-electron chi connectivity index (χ4n) is 2.33. The molecule has 1 aromatic rings. The number of nitrogens with one attached hydrogen (secondary N) is 3. The summed E-state index contributed by atoms with van der Waals surface area (Å²) in [6, 6.07) is 5.72. The van der Waals surface area contributed by atoms with Crippen LogP contribution in [0.1, 0.15) is 49.9 Å². The van der Waals surface area contributed by atoms with Gasteiger partial charge < -0.3 is 5.32 Å². The summed E-state index contributed by atoms with van der Waals surface area (Å²) in [6.07, 6.45) is 4.78. The topological polar surface area (TPSA) is 90.5 Å². The molecule has 1 atom stereocenters. The van der Waals surface area contributed by atoms with Crippen molar-refractivity contribution in [1.29, 1.82) is 0 Å². The molecular weight excluding hydrogens is 384 g/mol. The minimum Gasteiger partial charge on any atom is -0.361 e. The number of hydrazine groups is 1. The van der Waals surface area contributed by atoms with E-state index >= 15 is 0 Å². The van der Waals surface area contributed by atoms with Crippen molar-refractivity contribution in [2.45, 2.75) is 44.4 Å². The summed E-state index contributed by atoms with van der Waals surface area (Å²) >= 11 is 5.15. The predicted octanol–water partition coefficient (Wildman–Crippen LogP) is 2.26. The van der Waals surface area contributed by atoms with Crippen molar-refractivity contribution < 1.29 is 13.2 Å². The summed E-state index contributed by atoms with van der Waals surface area (Å²) < 4.78 is 25.2. The van der Waals surface area contributed by atoms with Gasteiger partial charge in [0.2, 0.25) is 10.0 Å². The molecular formula is C18H30N4O3S2. The van der Waals surface area contributed by atoms with Crippen LogP contribution in [0.15, 0.2) is 29.2 Å². The van der Waals surface area contributed by atoms with Crippen molar-refractivity contribution in [2.75, 3.05) is 20.6 Å². The monoisotopic (exact) mass is 414 g/mol. The van der Waals surface area contributed by atoms with Crippen molar-refractivity contribution in [2.24, 2.45) is 5.92 Å². The van der Waals surface area contributed by atoms with Crippen LogP contribution in [0.4, 0.5) is 0 Å². The number of sulfonamides is 1. The Labute approximate surface area is 167 Å². The molecule has 3 N–H and O–H groups in total. The number of benzene rings is 1. The maximum atomic E-state index is 12.1. The van der Waals surface area contributed by atoms with E-state index < -0.39 is 15.9 Å².